The largest absolute Gasteiger partial charge is 4.00 e. The molecule has 55 heavy (non-hydrogen) atoms. The number of hydrogen-bond donors (Lipinski definition) is 0. The zero-order valence-corrected chi connectivity index (χ0v) is 38.4. The fourth-order valence-electron chi connectivity index (χ4n) is 7.16. The first-order valence-electron chi connectivity index (χ1n) is 19.2. The molecule has 0 N–H and O–H groups in total. The summed E-state index contributed by atoms with van der Waals surface area (Å²) >= 11 is 3.82. The molecule has 0 fully saturated rings. The van der Waals surface area contributed by atoms with Crippen LogP contribution in [0.2, 0.25) is 0 Å². The van der Waals surface area contributed by atoms with Crippen LogP contribution in [0.5, 0.6) is 0 Å². The van der Waals surface area contributed by atoms with E-state index in [0.29, 0.717) is 11.8 Å². The Bertz CT molecular complexity index is 2220. The van der Waals surface area contributed by atoms with Gasteiger partial charge in [-0.1, -0.05) is 150 Å². The second-order valence-corrected chi connectivity index (χ2v) is 16.5. The smallest absolute Gasteiger partial charge is 1.00 e. The van der Waals surface area contributed by atoms with E-state index in [2.05, 4.69) is 175 Å². The average molecular weight is 877 g/mol. The van der Waals surface area contributed by atoms with Gasteiger partial charge in [-0.05, 0) is 79.3 Å². The van der Waals surface area contributed by atoms with Crippen molar-refractivity contribution in [2.75, 3.05) is 0 Å². The quantitative estimate of drug-likeness (QED) is 0.120. The van der Waals surface area contributed by atoms with Gasteiger partial charge in [-0.2, -0.15) is 22.7 Å². The number of rotatable bonds is 10. The van der Waals surface area contributed by atoms with Crippen LogP contribution in [0, 0.1) is 0 Å². The van der Waals surface area contributed by atoms with Crippen molar-refractivity contribution in [3.8, 4) is 43.1 Å². The molecule has 8 aromatic rings. The molecule has 2 aromatic heterocycles. The molecular weight excluding hydrogens is 827 g/mol. The second-order valence-electron chi connectivity index (χ2n) is 14.2. The molecule has 5 heteroatoms. The first-order chi connectivity index (χ1) is 25.4. The molecule has 0 bridgehead atoms. The monoisotopic (exact) mass is 874 g/mol. The van der Waals surface area contributed by atoms with Crippen molar-refractivity contribution in [2.45, 2.75) is 79.1 Å². The first-order valence-corrected chi connectivity index (χ1v) is 20.8. The first kappa shape index (κ1) is 44.7. The van der Waals surface area contributed by atoms with Crippen molar-refractivity contribution in [1.82, 2.24) is 0 Å². The van der Waals surface area contributed by atoms with Crippen molar-refractivity contribution in [1.29, 1.82) is 0 Å². The summed E-state index contributed by atoms with van der Waals surface area (Å²) in [4.78, 5) is 5.64. The predicted molar refractivity (Wildman–Crippen MR) is 233 cm³/mol. The van der Waals surface area contributed by atoms with Crippen molar-refractivity contribution in [2.24, 2.45) is 0 Å². The van der Waals surface area contributed by atoms with E-state index >= 15 is 0 Å². The van der Waals surface area contributed by atoms with Crippen molar-refractivity contribution in [3.05, 3.63) is 154 Å². The Kier molecular flexibility index (Phi) is 16.6. The third-order valence-electron chi connectivity index (χ3n) is 10.9. The molecule has 0 spiro atoms. The molecular formula is C50H50Cl2S2Zr. The van der Waals surface area contributed by atoms with Gasteiger partial charge in [0.05, 0.1) is 0 Å². The van der Waals surface area contributed by atoms with E-state index < -0.39 is 0 Å². The van der Waals surface area contributed by atoms with Crippen LogP contribution < -0.4 is 24.8 Å². The summed E-state index contributed by atoms with van der Waals surface area (Å²) in [7, 11) is 0. The Morgan fingerprint density at radius 1 is 0.491 bits per heavy atom. The number of halogens is 2. The van der Waals surface area contributed by atoms with E-state index in [1.807, 2.05) is 22.7 Å². The summed E-state index contributed by atoms with van der Waals surface area (Å²) in [5.74, 6) is 1.24. The van der Waals surface area contributed by atoms with E-state index in [0.717, 1.165) is 12.8 Å². The van der Waals surface area contributed by atoms with Gasteiger partial charge in [0.2, 0.25) is 0 Å². The minimum atomic E-state index is 0. The van der Waals surface area contributed by atoms with Crippen molar-refractivity contribution < 1.29 is 51.0 Å². The van der Waals surface area contributed by atoms with Gasteiger partial charge in [0.25, 0.3) is 0 Å². The third-order valence-corrected chi connectivity index (χ3v) is 13.5. The van der Waals surface area contributed by atoms with E-state index in [4.69, 9.17) is 0 Å². The average Bonchev–Trinajstić information content (AvgIpc) is 4.02. The Hall–Kier alpha value is -3.04. The van der Waals surface area contributed by atoms with Crippen LogP contribution in [0.25, 0.3) is 64.7 Å². The molecule has 0 saturated heterocycles. The van der Waals surface area contributed by atoms with E-state index in [9.17, 15) is 0 Å². The maximum absolute atomic E-state index is 2.36. The van der Waals surface area contributed by atoms with Gasteiger partial charge < -0.3 is 24.8 Å². The molecule has 0 amide bonds. The van der Waals surface area contributed by atoms with Gasteiger partial charge in [0.1, 0.15) is 0 Å². The number of hydrogen-bond acceptors (Lipinski definition) is 2. The topological polar surface area (TPSA) is 0 Å². The van der Waals surface area contributed by atoms with Gasteiger partial charge in [0, 0.05) is 0 Å². The molecule has 0 aliphatic carbocycles. The van der Waals surface area contributed by atoms with Gasteiger partial charge in [0.15, 0.2) is 0 Å². The van der Waals surface area contributed by atoms with Crippen LogP contribution >= 0.6 is 22.7 Å². The Balaban J connectivity index is 0.000000232. The fraction of sp³-hybridized carbons (Fsp3) is 0.240. The Morgan fingerprint density at radius 2 is 0.873 bits per heavy atom. The third kappa shape index (κ3) is 9.92. The van der Waals surface area contributed by atoms with Crippen LogP contribution in [0.1, 0.15) is 87.1 Å². The molecule has 8 rings (SSSR count). The van der Waals surface area contributed by atoms with E-state index in [1.54, 1.807) is 0 Å². The normalized spacial score (nSPS) is 11.9. The molecule has 280 valence electrons. The number of benzene rings is 4. The minimum Gasteiger partial charge on any atom is -1.00 e. The van der Waals surface area contributed by atoms with Crippen LogP contribution in [-0.2, 0) is 39.0 Å². The molecule has 2 unspecified atom stereocenters. The summed E-state index contributed by atoms with van der Waals surface area (Å²) in [5, 5.41) is 5.36. The summed E-state index contributed by atoms with van der Waals surface area (Å²) in [6, 6.07) is 50.0. The van der Waals surface area contributed by atoms with Crippen molar-refractivity contribution in [3.63, 3.8) is 0 Å². The number of fused-ring (bicyclic) bond motifs is 2. The zero-order chi connectivity index (χ0) is 36.2. The molecule has 0 aliphatic heterocycles. The second kappa shape index (κ2) is 20.4. The molecule has 0 nitrogen and oxygen atoms in total. The van der Waals surface area contributed by atoms with Gasteiger partial charge in [-0.3, -0.25) is 0 Å². The molecule has 0 radical (unpaired) electrons. The predicted octanol–water partition coefficient (Wildman–Crippen LogP) is 10.1. The fourth-order valence-corrected chi connectivity index (χ4v) is 9.03. The van der Waals surface area contributed by atoms with Crippen molar-refractivity contribution >= 4 is 44.2 Å². The molecule has 6 aromatic carbocycles. The Morgan fingerprint density at radius 3 is 1.20 bits per heavy atom. The number of aryl methyl sites for hydroxylation is 2. The van der Waals surface area contributed by atoms with Crippen LogP contribution in [0.4, 0.5) is 0 Å². The van der Waals surface area contributed by atoms with Gasteiger partial charge >= 0.3 is 26.2 Å². The molecule has 0 aliphatic rings. The number of thiophene rings is 2. The van der Waals surface area contributed by atoms with Gasteiger partial charge in [-0.15, -0.1) is 69.1 Å². The van der Waals surface area contributed by atoms with Gasteiger partial charge in [-0.25, -0.2) is 0 Å². The summed E-state index contributed by atoms with van der Waals surface area (Å²) in [6.45, 7) is 13.5. The van der Waals surface area contributed by atoms with Crippen LogP contribution in [0.15, 0.2) is 133 Å². The molecule has 0 saturated carbocycles. The summed E-state index contributed by atoms with van der Waals surface area (Å²) in [5.41, 5.74) is 10.8. The zero-order valence-electron chi connectivity index (χ0n) is 32.8. The summed E-state index contributed by atoms with van der Waals surface area (Å²) in [6.07, 6.45) is 4.58. The molecule has 2 atom stereocenters. The molecule has 2 heterocycles. The maximum atomic E-state index is 2.36. The summed E-state index contributed by atoms with van der Waals surface area (Å²) < 4.78 is 0. The SMILES string of the molecule is CCc1ccc(-c2cc3c(-c4ccc(C(C)CC)cc4)cccc3[cH-]2)s1.CCc1ccc(-c2cc3c(-c4ccc(C(C)CC)cc4)cccc3[cH-]2)s1.[Cl-].[Cl-].[Zr+4]. The van der Waals surface area contributed by atoms with E-state index in [-0.39, 0.29) is 51.0 Å². The Labute approximate surface area is 368 Å². The van der Waals surface area contributed by atoms with Crippen LogP contribution in [-0.4, -0.2) is 0 Å². The maximum Gasteiger partial charge on any atom is 4.00 e. The minimum absolute atomic E-state index is 0. The van der Waals surface area contributed by atoms with E-state index in [1.165, 1.54) is 98.4 Å². The van der Waals surface area contributed by atoms with Crippen LogP contribution in [0.3, 0.4) is 0 Å². The standard InChI is InChI=1S/2C25H25S.2ClH.Zr/c2*1-4-17(3)18-9-11-19(12-10-18)23-8-6-7-20-15-21(16-24(20)23)25-14-13-22(5-2)26-25;;;/h2*6-17H,4-5H2,1-3H3;2*1H;/q2*-1;;;+4/p-2.